The SMILES string of the molecule is Cc1ccc(F)c(NC(=O)c2ccc(S(=O)(=O)NC[C@@H]3CCCO3)cc2)c1. The van der Waals surface area contributed by atoms with Crippen LogP contribution >= 0.6 is 0 Å². The quantitative estimate of drug-likeness (QED) is 0.792. The van der Waals surface area contributed by atoms with Crippen LogP contribution in [0, 0.1) is 12.7 Å². The molecule has 2 N–H and O–H groups in total. The summed E-state index contributed by atoms with van der Waals surface area (Å²) in [6.07, 6.45) is 1.66. The molecular formula is C19H21FN2O4S. The van der Waals surface area contributed by atoms with Gasteiger partial charge in [-0.1, -0.05) is 6.07 Å². The lowest BCUT2D eigenvalue weighted by molar-refractivity contribution is 0.102. The summed E-state index contributed by atoms with van der Waals surface area (Å²) in [5.41, 5.74) is 1.12. The van der Waals surface area contributed by atoms with Gasteiger partial charge in [0.1, 0.15) is 5.82 Å². The fraction of sp³-hybridized carbons (Fsp3) is 0.316. The van der Waals surface area contributed by atoms with Gasteiger partial charge in [0, 0.05) is 18.7 Å². The summed E-state index contributed by atoms with van der Waals surface area (Å²) in [4.78, 5) is 12.3. The minimum atomic E-state index is -3.68. The molecule has 1 saturated heterocycles. The van der Waals surface area contributed by atoms with Crippen molar-refractivity contribution in [2.45, 2.75) is 30.8 Å². The van der Waals surface area contributed by atoms with Crippen molar-refractivity contribution in [2.75, 3.05) is 18.5 Å². The molecule has 1 aliphatic rings. The van der Waals surface area contributed by atoms with Crippen LogP contribution in [-0.2, 0) is 14.8 Å². The molecule has 6 nitrogen and oxygen atoms in total. The molecule has 2 aromatic rings. The zero-order valence-electron chi connectivity index (χ0n) is 14.9. The maximum Gasteiger partial charge on any atom is 0.255 e. The first-order chi connectivity index (χ1) is 12.8. The van der Waals surface area contributed by atoms with E-state index in [9.17, 15) is 17.6 Å². The van der Waals surface area contributed by atoms with Gasteiger partial charge in [0.25, 0.3) is 5.91 Å². The summed E-state index contributed by atoms with van der Waals surface area (Å²) >= 11 is 0. The third-order valence-electron chi connectivity index (χ3n) is 4.32. The summed E-state index contributed by atoms with van der Waals surface area (Å²) in [5, 5.41) is 2.49. The van der Waals surface area contributed by atoms with Gasteiger partial charge in [-0.2, -0.15) is 0 Å². The second kappa shape index (κ2) is 8.16. The number of carbonyl (C=O) groups is 1. The Hall–Kier alpha value is -2.29. The minimum absolute atomic E-state index is 0.0544. The molecule has 27 heavy (non-hydrogen) atoms. The average Bonchev–Trinajstić information content (AvgIpc) is 3.17. The van der Waals surface area contributed by atoms with Crippen LogP contribution in [-0.4, -0.2) is 33.6 Å². The number of halogens is 1. The van der Waals surface area contributed by atoms with Crippen molar-refractivity contribution < 1.29 is 22.3 Å². The highest BCUT2D eigenvalue weighted by Crippen LogP contribution is 2.18. The molecular weight excluding hydrogens is 371 g/mol. The molecule has 0 radical (unpaired) electrons. The average molecular weight is 392 g/mol. The molecule has 0 saturated carbocycles. The Kier molecular flexibility index (Phi) is 5.88. The number of carbonyl (C=O) groups excluding carboxylic acids is 1. The van der Waals surface area contributed by atoms with Crippen LogP contribution in [0.1, 0.15) is 28.8 Å². The van der Waals surface area contributed by atoms with Crippen molar-refractivity contribution in [3.63, 3.8) is 0 Å². The third-order valence-corrected chi connectivity index (χ3v) is 5.76. The highest BCUT2D eigenvalue weighted by atomic mass is 32.2. The molecule has 1 amide bonds. The molecule has 0 aromatic heterocycles. The van der Waals surface area contributed by atoms with Crippen LogP contribution in [0.3, 0.4) is 0 Å². The molecule has 8 heteroatoms. The van der Waals surface area contributed by atoms with Crippen molar-refractivity contribution in [1.29, 1.82) is 0 Å². The smallest absolute Gasteiger partial charge is 0.255 e. The highest BCUT2D eigenvalue weighted by Gasteiger charge is 2.20. The zero-order chi connectivity index (χ0) is 19.4. The van der Waals surface area contributed by atoms with Crippen LogP contribution in [0.25, 0.3) is 0 Å². The molecule has 1 fully saturated rings. The number of benzene rings is 2. The Morgan fingerprint density at radius 1 is 1.22 bits per heavy atom. The van der Waals surface area contributed by atoms with Gasteiger partial charge >= 0.3 is 0 Å². The van der Waals surface area contributed by atoms with Crippen molar-refractivity contribution in [2.24, 2.45) is 0 Å². The highest BCUT2D eigenvalue weighted by molar-refractivity contribution is 7.89. The number of anilines is 1. The van der Waals surface area contributed by atoms with E-state index in [-0.39, 0.29) is 28.8 Å². The van der Waals surface area contributed by atoms with Gasteiger partial charge in [-0.3, -0.25) is 4.79 Å². The number of hydrogen-bond acceptors (Lipinski definition) is 4. The molecule has 3 rings (SSSR count). The van der Waals surface area contributed by atoms with Crippen molar-refractivity contribution >= 4 is 21.6 Å². The van der Waals surface area contributed by atoms with Gasteiger partial charge in [-0.15, -0.1) is 0 Å². The minimum Gasteiger partial charge on any atom is -0.377 e. The Labute approximate surface area is 157 Å². The lowest BCUT2D eigenvalue weighted by atomic mass is 10.2. The van der Waals surface area contributed by atoms with Gasteiger partial charge in [0.15, 0.2) is 0 Å². The molecule has 0 spiro atoms. The van der Waals surface area contributed by atoms with E-state index in [4.69, 9.17) is 4.74 Å². The molecule has 2 aromatic carbocycles. The van der Waals surface area contributed by atoms with Crippen LogP contribution in [0.15, 0.2) is 47.4 Å². The van der Waals surface area contributed by atoms with E-state index in [2.05, 4.69) is 10.0 Å². The summed E-state index contributed by atoms with van der Waals surface area (Å²) in [6.45, 7) is 2.66. The molecule has 0 bridgehead atoms. The first-order valence-corrected chi connectivity index (χ1v) is 10.1. The summed E-state index contributed by atoms with van der Waals surface area (Å²) in [7, 11) is -3.68. The standard InChI is InChI=1S/C19H21FN2O4S/c1-13-4-9-17(20)18(11-13)22-19(23)14-5-7-16(8-6-14)27(24,25)21-12-15-3-2-10-26-15/h4-9,11,15,21H,2-3,10,12H2,1H3,(H,22,23)/t15-/m0/s1. The number of amides is 1. The van der Waals surface area contributed by atoms with Gasteiger partial charge < -0.3 is 10.1 Å². The van der Waals surface area contributed by atoms with E-state index in [1.165, 1.54) is 36.4 Å². The topological polar surface area (TPSA) is 84.5 Å². The van der Waals surface area contributed by atoms with Crippen LogP contribution in [0.2, 0.25) is 0 Å². The molecule has 144 valence electrons. The fourth-order valence-electron chi connectivity index (χ4n) is 2.81. The number of hydrogen-bond donors (Lipinski definition) is 2. The van der Waals surface area contributed by atoms with Gasteiger partial charge in [0.2, 0.25) is 10.0 Å². The largest absolute Gasteiger partial charge is 0.377 e. The fourth-order valence-corrected chi connectivity index (χ4v) is 3.87. The molecule has 1 aliphatic heterocycles. The Morgan fingerprint density at radius 3 is 2.63 bits per heavy atom. The maximum absolute atomic E-state index is 13.8. The van der Waals surface area contributed by atoms with Crippen LogP contribution < -0.4 is 10.0 Å². The second-order valence-electron chi connectivity index (χ2n) is 6.45. The second-order valence-corrected chi connectivity index (χ2v) is 8.22. The Balaban J connectivity index is 1.66. The number of ether oxygens (including phenoxy) is 1. The molecule has 1 atom stereocenters. The van der Waals surface area contributed by atoms with E-state index in [1.54, 1.807) is 13.0 Å². The third kappa shape index (κ3) is 4.91. The van der Waals surface area contributed by atoms with E-state index in [0.717, 1.165) is 18.4 Å². The zero-order valence-corrected chi connectivity index (χ0v) is 15.7. The Morgan fingerprint density at radius 2 is 1.96 bits per heavy atom. The monoisotopic (exact) mass is 392 g/mol. The molecule has 0 aliphatic carbocycles. The van der Waals surface area contributed by atoms with E-state index in [0.29, 0.717) is 6.61 Å². The van der Waals surface area contributed by atoms with Crippen molar-refractivity contribution in [1.82, 2.24) is 4.72 Å². The van der Waals surface area contributed by atoms with E-state index in [1.807, 2.05) is 0 Å². The summed E-state index contributed by atoms with van der Waals surface area (Å²) in [6, 6.07) is 9.89. The van der Waals surface area contributed by atoms with Gasteiger partial charge in [0.05, 0.1) is 16.7 Å². The van der Waals surface area contributed by atoms with Crippen molar-refractivity contribution in [3.05, 3.63) is 59.4 Å². The number of nitrogens with one attached hydrogen (secondary N) is 2. The number of rotatable bonds is 6. The molecule has 1 heterocycles. The Bertz CT molecular complexity index is 923. The lowest BCUT2D eigenvalue weighted by Crippen LogP contribution is -2.31. The lowest BCUT2D eigenvalue weighted by Gasteiger charge is -2.12. The van der Waals surface area contributed by atoms with Crippen molar-refractivity contribution in [3.8, 4) is 0 Å². The summed E-state index contributed by atoms with van der Waals surface area (Å²) in [5.74, 6) is -1.05. The maximum atomic E-state index is 13.8. The predicted molar refractivity (Wildman–Crippen MR) is 99.7 cm³/mol. The molecule has 0 unspecified atom stereocenters. The van der Waals surface area contributed by atoms with E-state index < -0.39 is 21.7 Å². The summed E-state index contributed by atoms with van der Waals surface area (Å²) < 4.78 is 46.3. The van der Waals surface area contributed by atoms with Gasteiger partial charge in [-0.25, -0.2) is 17.5 Å². The van der Waals surface area contributed by atoms with Gasteiger partial charge in [-0.05, 0) is 61.7 Å². The van der Waals surface area contributed by atoms with Crippen LogP contribution in [0.5, 0.6) is 0 Å². The number of sulfonamides is 1. The van der Waals surface area contributed by atoms with Crippen LogP contribution in [0.4, 0.5) is 10.1 Å². The predicted octanol–water partition coefficient (Wildman–Crippen LogP) is 2.84. The first kappa shape index (κ1) is 19.5. The number of aryl methyl sites for hydroxylation is 1. The van der Waals surface area contributed by atoms with E-state index >= 15 is 0 Å². The normalized spacial score (nSPS) is 17.0. The first-order valence-electron chi connectivity index (χ1n) is 8.64.